The summed E-state index contributed by atoms with van der Waals surface area (Å²) in [6, 6.07) is 3.35. The van der Waals surface area contributed by atoms with Crippen LogP contribution < -0.4 is 5.32 Å². The summed E-state index contributed by atoms with van der Waals surface area (Å²) in [5, 5.41) is 3.32. The zero-order valence-corrected chi connectivity index (χ0v) is 10.5. The number of halogens is 3. The molecule has 0 saturated heterocycles. The zero-order chi connectivity index (χ0) is 11.5. The van der Waals surface area contributed by atoms with Gasteiger partial charge >= 0.3 is 0 Å². The lowest BCUT2D eigenvalue weighted by molar-refractivity contribution is 0.539. The van der Waals surface area contributed by atoms with E-state index in [1.165, 1.54) is 25.0 Å². The molecule has 1 N–H and O–H groups in total. The van der Waals surface area contributed by atoms with E-state index in [1.54, 1.807) is 0 Å². The molecule has 0 aliphatic heterocycles. The molecule has 0 bridgehead atoms. The summed E-state index contributed by atoms with van der Waals surface area (Å²) in [6.07, 6.45) is 3.68. The molecule has 0 radical (unpaired) electrons. The van der Waals surface area contributed by atoms with Crippen molar-refractivity contribution in [2.24, 2.45) is 0 Å². The third-order valence-electron chi connectivity index (χ3n) is 2.75. The molecule has 1 fully saturated rings. The van der Waals surface area contributed by atoms with Crippen LogP contribution in [0.2, 0.25) is 0 Å². The van der Waals surface area contributed by atoms with Crippen LogP contribution in [0.5, 0.6) is 0 Å². The molecule has 1 aromatic rings. The Morgan fingerprint density at radius 2 is 2.06 bits per heavy atom. The molecule has 2 rings (SSSR count). The Hall–Kier alpha value is -0.480. The van der Waals surface area contributed by atoms with Crippen molar-refractivity contribution in [3.63, 3.8) is 0 Å². The van der Waals surface area contributed by atoms with E-state index in [1.807, 2.05) is 0 Å². The monoisotopic (exact) mass is 289 g/mol. The molecule has 16 heavy (non-hydrogen) atoms. The molecule has 0 amide bonds. The second kappa shape index (κ2) is 5.23. The minimum atomic E-state index is -0.466. The first kappa shape index (κ1) is 12.0. The molecule has 88 valence electrons. The molecule has 0 heterocycles. The van der Waals surface area contributed by atoms with Gasteiger partial charge in [0.1, 0.15) is 11.6 Å². The van der Waals surface area contributed by atoms with Gasteiger partial charge < -0.3 is 5.32 Å². The van der Waals surface area contributed by atoms with E-state index in [4.69, 9.17) is 0 Å². The average molecular weight is 290 g/mol. The van der Waals surface area contributed by atoms with Gasteiger partial charge in [-0.3, -0.25) is 0 Å². The third kappa shape index (κ3) is 3.01. The Balaban J connectivity index is 1.89. The molecule has 1 aliphatic carbocycles. The van der Waals surface area contributed by atoms with Gasteiger partial charge in [-0.25, -0.2) is 8.78 Å². The predicted octanol–water partition coefficient (Wildman–Crippen LogP) is 3.41. The maximum atomic E-state index is 13.6. The second-order valence-corrected chi connectivity index (χ2v) is 5.01. The fourth-order valence-electron chi connectivity index (χ4n) is 1.66. The minimum absolute atomic E-state index is 0.187. The molecular formula is C12H14BrF2N. The summed E-state index contributed by atoms with van der Waals surface area (Å²) in [7, 11) is 0. The number of benzene rings is 1. The maximum Gasteiger partial charge on any atom is 0.143 e. The Bertz CT molecular complexity index is 378. The Morgan fingerprint density at radius 3 is 2.75 bits per heavy atom. The second-order valence-electron chi connectivity index (χ2n) is 4.15. The summed E-state index contributed by atoms with van der Waals surface area (Å²) >= 11 is 3.07. The summed E-state index contributed by atoms with van der Waals surface area (Å²) in [5.41, 5.74) is 0.187. The standard InChI is InChI=1S/C12H14BrF2N/c13-10-5-6-11(14)9(12(10)15)2-1-7-16-8-3-4-8/h5-6,8,16H,1-4,7H2. The van der Waals surface area contributed by atoms with Gasteiger partial charge in [0, 0.05) is 11.6 Å². The van der Waals surface area contributed by atoms with E-state index in [0.29, 0.717) is 16.9 Å². The van der Waals surface area contributed by atoms with E-state index in [-0.39, 0.29) is 5.56 Å². The highest BCUT2D eigenvalue weighted by Gasteiger charge is 2.19. The lowest BCUT2D eigenvalue weighted by Crippen LogP contribution is -2.18. The van der Waals surface area contributed by atoms with Crippen LogP contribution in [0, 0.1) is 11.6 Å². The van der Waals surface area contributed by atoms with Gasteiger partial charge in [-0.1, -0.05) is 0 Å². The Kier molecular flexibility index (Phi) is 3.92. The summed E-state index contributed by atoms with van der Waals surface area (Å²) in [6.45, 7) is 0.829. The van der Waals surface area contributed by atoms with Gasteiger partial charge in [-0.05, 0) is 60.3 Å². The number of rotatable bonds is 5. The first-order valence-electron chi connectivity index (χ1n) is 5.54. The van der Waals surface area contributed by atoms with E-state index >= 15 is 0 Å². The Morgan fingerprint density at radius 1 is 1.31 bits per heavy atom. The van der Waals surface area contributed by atoms with Crippen molar-refractivity contribution in [1.29, 1.82) is 0 Å². The van der Waals surface area contributed by atoms with Crippen molar-refractivity contribution in [3.8, 4) is 0 Å². The smallest absolute Gasteiger partial charge is 0.143 e. The summed E-state index contributed by atoms with van der Waals surface area (Å²) in [4.78, 5) is 0. The largest absolute Gasteiger partial charge is 0.314 e. The van der Waals surface area contributed by atoms with Crippen molar-refractivity contribution >= 4 is 15.9 Å². The molecule has 4 heteroatoms. The van der Waals surface area contributed by atoms with Crippen molar-refractivity contribution in [3.05, 3.63) is 33.8 Å². The van der Waals surface area contributed by atoms with Crippen LogP contribution in [0.25, 0.3) is 0 Å². The maximum absolute atomic E-state index is 13.6. The highest BCUT2D eigenvalue weighted by atomic mass is 79.9. The summed E-state index contributed by atoms with van der Waals surface area (Å²) in [5.74, 6) is -0.918. The van der Waals surface area contributed by atoms with Gasteiger partial charge in [0.2, 0.25) is 0 Å². The van der Waals surface area contributed by atoms with Crippen LogP contribution >= 0.6 is 15.9 Å². The molecule has 1 aliphatic rings. The van der Waals surface area contributed by atoms with Crippen molar-refractivity contribution in [1.82, 2.24) is 5.32 Å². The van der Waals surface area contributed by atoms with E-state index in [9.17, 15) is 8.78 Å². The van der Waals surface area contributed by atoms with E-state index < -0.39 is 11.6 Å². The number of nitrogens with one attached hydrogen (secondary N) is 1. The van der Waals surface area contributed by atoms with Crippen LogP contribution in [-0.2, 0) is 6.42 Å². The lowest BCUT2D eigenvalue weighted by Gasteiger charge is -2.07. The van der Waals surface area contributed by atoms with Gasteiger partial charge in [-0.2, -0.15) is 0 Å². The van der Waals surface area contributed by atoms with Crippen LogP contribution in [0.15, 0.2) is 16.6 Å². The average Bonchev–Trinajstić information content (AvgIpc) is 3.07. The lowest BCUT2D eigenvalue weighted by atomic mass is 10.1. The molecule has 0 aromatic heterocycles. The molecular weight excluding hydrogens is 276 g/mol. The van der Waals surface area contributed by atoms with E-state index in [2.05, 4.69) is 21.2 Å². The quantitative estimate of drug-likeness (QED) is 0.647. The van der Waals surface area contributed by atoms with Crippen molar-refractivity contribution < 1.29 is 8.78 Å². The first-order chi connectivity index (χ1) is 7.68. The minimum Gasteiger partial charge on any atom is -0.314 e. The van der Waals surface area contributed by atoms with E-state index in [0.717, 1.165) is 13.0 Å². The molecule has 1 saturated carbocycles. The van der Waals surface area contributed by atoms with Gasteiger partial charge in [0.15, 0.2) is 0 Å². The number of hydrogen-bond donors (Lipinski definition) is 1. The van der Waals surface area contributed by atoms with Gasteiger partial charge in [0.25, 0.3) is 0 Å². The molecule has 1 aromatic carbocycles. The molecule has 0 unspecified atom stereocenters. The highest BCUT2D eigenvalue weighted by molar-refractivity contribution is 9.10. The van der Waals surface area contributed by atoms with Crippen LogP contribution in [-0.4, -0.2) is 12.6 Å². The highest BCUT2D eigenvalue weighted by Crippen LogP contribution is 2.23. The summed E-state index contributed by atoms with van der Waals surface area (Å²) < 4.78 is 27.2. The normalized spacial score (nSPS) is 15.4. The van der Waals surface area contributed by atoms with Crippen molar-refractivity contribution in [2.45, 2.75) is 31.7 Å². The van der Waals surface area contributed by atoms with Gasteiger partial charge in [0.05, 0.1) is 4.47 Å². The van der Waals surface area contributed by atoms with Crippen LogP contribution in [0.4, 0.5) is 8.78 Å². The van der Waals surface area contributed by atoms with Crippen molar-refractivity contribution in [2.75, 3.05) is 6.54 Å². The van der Waals surface area contributed by atoms with Gasteiger partial charge in [-0.15, -0.1) is 0 Å². The van der Waals surface area contributed by atoms with Crippen LogP contribution in [0.3, 0.4) is 0 Å². The molecule has 0 spiro atoms. The predicted molar refractivity (Wildman–Crippen MR) is 63.4 cm³/mol. The first-order valence-corrected chi connectivity index (χ1v) is 6.33. The fraction of sp³-hybridized carbons (Fsp3) is 0.500. The fourth-order valence-corrected chi connectivity index (χ4v) is 2.03. The Labute approximate surface area is 102 Å². The van der Waals surface area contributed by atoms with Crippen LogP contribution in [0.1, 0.15) is 24.8 Å². The third-order valence-corrected chi connectivity index (χ3v) is 3.37. The number of hydrogen-bond acceptors (Lipinski definition) is 1. The molecule has 0 atom stereocenters. The SMILES string of the molecule is Fc1ccc(Br)c(F)c1CCCNC1CC1. The zero-order valence-electron chi connectivity index (χ0n) is 8.90. The topological polar surface area (TPSA) is 12.0 Å². The molecule has 1 nitrogen and oxygen atoms in total.